The third-order valence-corrected chi connectivity index (χ3v) is 4.16. The topological polar surface area (TPSA) is 65.1 Å². The molecule has 21 heavy (non-hydrogen) atoms. The van der Waals surface area contributed by atoms with Gasteiger partial charge in [-0.2, -0.15) is 0 Å². The van der Waals surface area contributed by atoms with Crippen LogP contribution in [0.5, 0.6) is 0 Å². The van der Waals surface area contributed by atoms with Crippen LogP contribution in [0.25, 0.3) is 10.9 Å². The Morgan fingerprint density at radius 2 is 2.19 bits per heavy atom. The summed E-state index contributed by atoms with van der Waals surface area (Å²) in [5, 5.41) is 13.8. The van der Waals surface area contributed by atoms with E-state index in [2.05, 4.69) is 10.3 Å². The summed E-state index contributed by atoms with van der Waals surface area (Å²) in [6.45, 7) is 6.38. The number of aromatic nitrogens is 1. The van der Waals surface area contributed by atoms with E-state index in [9.17, 15) is 9.90 Å². The summed E-state index contributed by atoms with van der Waals surface area (Å²) in [6.07, 6.45) is 2.64. The van der Waals surface area contributed by atoms with E-state index in [4.69, 9.17) is 0 Å². The van der Waals surface area contributed by atoms with Crippen LogP contribution in [0, 0.1) is 12.8 Å². The van der Waals surface area contributed by atoms with E-state index in [1.807, 2.05) is 45.2 Å². The molecular weight excluding hydrogens is 264 g/mol. The molecule has 0 saturated heterocycles. The average molecular weight is 288 g/mol. The van der Waals surface area contributed by atoms with Crippen LogP contribution in [0.3, 0.4) is 0 Å². The van der Waals surface area contributed by atoms with Crippen molar-refractivity contribution in [3.05, 3.63) is 35.5 Å². The van der Waals surface area contributed by atoms with E-state index in [0.717, 1.165) is 28.5 Å². The Bertz CT molecular complexity index is 618. The van der Waals surface area contributed by atoms with Crippen LogP contribution >= 0.6 is 0 Å². The van der Waals surface area contributed by atoms with Gasteiger partial charge in [0.05, 0.1) is 12.5 Å². The zero-order valence-corrected chi connectivity index (χ0v) is 12.9. The number of hydrogen-bond acceptors (Lipinski definition) is 2. The monoisotopic (exact) mass is 288 g/mol. The number of fused-ring (bicyclic) bond motifs is 1. The van der Waals surface area contributed by atoms with Gasteiger partial charge in [0, 0.05) is 23.6 Å². The highest BCUT2D eigenvalue weighted by molar-refractivity contribution is 5.91. The van der Waals surface area contributed by atoms with Gasteiger partial charge in [-0.1, -0.05) is 32.4 Å². The quantitative estimate of drug-likeness (QED) is 0.765. The Morgan fingerprint density at radius 1 is 1.43 bits per heavy atom. The Morgan fingerprint density at radius 3 is 2.90 bits per heavy atom. The fourth-order valence-electron chi connectivity index (χ4n) is 2.52. The highest BCUT2D eigenvalue weighted by Gasteiger charge is 2.15. The molecule has 2 aromatic rings. The normalized spacial score (nSPS) is 14.1. The summed E-state index contributed by atoms with van der Waals surface area (Å²) < 4.78 is 0. The van der Waals surface area contributed by atoms with Crippen LogP contribution in [-0.4, -0.2) is 28.6 Å². The number of rotatable bonds is 6. The maximum absolute atomic E-state index is 12.0. The number of hydrogen-bond donors (Lipinski definition) is 3. The Balaban J connectivity index is 1.99. The lowest BCUT2D eigenvalue weighted by Gasteiger charge is -2.17. The number of aliphatic hydroxyl groups excluding tert-OH is 1. The van der Waals surface area contributed by atoms with E-state index >= 15 is 0 Å². The molecular formula is C17H24N2O2. The van der Waals surface area contributed by atoms with Crippen molar-refractivity contribution in [3.8, 4) is 0 Å². The average Bonchev–Trinajstić information content (AvgIpc) is 2.88. The molecule has 0 aliphatic rings. The van der Waals surface area contributed by atoms with Crippen LogP contribution in [0.1, 0.15) is 31.4 Å². The van der Waals surface area contributed by atoms with Gasteiger partial charge in [-0.05, 0) is 30.0 Å². The van der Waals surface area contributed by atoms with Crippen LogP contribution in [0.2, 0.25) is 0 Å². The molecule has 1 amide bonds. The third-order valence-electron chi connectivity index (χ3n) is 4.16. The fraction of sp³-hybridized carbons (Fsp3) is 0.471. The molecule has 1 aromatic carbocycles. The second-order valence-corrected chi connectivity index (χ2v) is 5.75. The van der Waals surface area contributed by atoms with Gasteiger partial charge >= 0.3 is 0 Å². The Labute approximate surface area is 125 Å². The number of aliphatic hydroxyl groups is 1. The molecule has 114 valence electrons. The lowest BCUT2D eigenvalue weighted by atomic mass is 10.0. The van der Waals surface area contributed by atoms with Crippen molar-refractivity contribution in [1.82, 2.24) is 10.3 Å². The number of carbonyl (C=O) groups is 1. The van der Waals surface area contributed by atoms with Gasteiger partial charge in [0.2, 0.25) is 5.91 Å². The largest absolute Gasteiger partial charge is 0.391 e. The molecule has 0 bridgehead atoms. The smallest absolute Gasteiger partial charge is 0.224 e. The zero-order chi connectivity index (χ0) is 15.4. The molecule has 0 spiro atoms. The molecule has 1 heterocycles. The van der Waals surface area contributed by atoms with E-state index in [-0.39, 0.29) is 11.8 Å². The predicted molar refractivity (Wildman–Crippen MR) is 85.2 cm³/mol. The second kappa shape index (κ2) is 6.76. The van der Waals surface area contributed by atoms with Gasteiger partial charge in [0.15, 0.2) is 0 Å². The van der Waals surface area contributed by atoms with Crippen LogP contribution in [0.4, 0.5) is 0 Å². The van der Waals surface area contributed by atoms with E-state index in [1.54, 1.807) is 0 Å². The van der Waals surface area contributed by atoms with Crippen molar-refractivity contribution in [2.75, 3.05) is 6.54 Å². The first kappa shape index (κ1) is 15.6. The number of nitrogens with one attached hydrogen (secondary N) is 2. The Hall–Kier alpha value is -1.81. The summed E-state index contributed by atoms with van der Waals surface area (Å²) in [5.74, 6) is 0.141. The lowest BCUT2D eigenvalue weighted by molar-refractivity contribution is -0.121. The van der Waals surface area contributed by atoms with E-state index in [0.29, 0.717) is 13.0 Å². The molecule has 1 aromatic heterocycles. The highest BCUT2D eigenvalue weighted by Crippen LogP contribution is 2.22. The number of aromatic amines is 1. The molecule has 3 N–H and O–H groups in total. The minimum atomic E-state index is -0.483. The van der Waals surface area contributed by atoms with Crippen LogP contribution in [0.15, 0.2) is 24.4 Å². The van der Waals surface area contributed by atoms with Gasteiger partial charge in [0.25, 0.3) is 0 Å². The Kier molecular flexibility index (Phi) is 5.02. The molecule has 4 heteroatoms. The predicted octanol–water partition coefficient (Wildman–Crippen LogP) is 2.54. The molecule has 4 nitrogen and oxygen atoms in total. The fourth-order valence-corrected chi connectivity index (χ4v) is 2.52. The first-order valence-electron chi connectivity index (χ1n) is 7.53. The molecule has 0 aliphatic heterocycles. The first-order chi connectivity index (χ1) is 10.0. The van der Waals surface area contributed by atoms with Crippen LogP contribution < -0.4 is 5.32 Å². The number of amides is 1. The maximum Gasteiger partial charge on any atom is 0.224 e. The minimum absolute atomic E-state index is 0.0542. The molecule has 0 aliphatic carbocycles. The van der Waals surface area contributed by atoms with E-state index in [1.165, 1.54) is 0 Å². The number of benzene rings is 1. The standard InChI is InChI=1S/C17H24N2O2/c1-4-11(2)15(20)10-19-16(21)8-13-9-18-14-7-5-6-12(3)17(13)14/h5-7,9,11,15,18,20H,4,8,10H2,1-3H3,(H,19,21). The molecule has 0 radical (unpaired) electrons. The summed E-state index contributed by atoms with van der Waals surface area (Å²) in [4.78, 5) is 15.2. The summed E-state index contributed by atoms with van der Waals surface area (Å²) in [7, 11) is 0. The summed E-state index contributed by atoms with van der Waals surface area (Å²) in [6, 6.07) is 6.06. The zero-order valence-electron chi connectivity index (χ0n) is 12.9. The summed E-state index contributed by atoms with van der Waals surface area (Å²) in [5.41, 5.74) is 3.22. The van der Waals surface area contributed by atoms with Crippen molar-refractivity contribution in [3.63, 3.8) is 0 Å². The van der Waals surface area contributed by atoms with Gasteiger partial charge in [0.1, 0.15) is 0 Å². The van der Waals surface area contributed by atoms with Crippen molar-refractivity contribution in [1.29, 1.82) is 0 Å². The minimum Gasteiger partial charge on any atom is -0.391 e. The third kappa shape index (κ3) is 3.64. The van der Waals surface area contributed by atoms with E-state index < -0.39 is 6.10 Å². The van der Waals surface area contributed by atoms with Crippen molar-refractivity contribution in [2.24, 2.45) is 5.92 Å². The SMILES string of the molecule is CCC(C)C(O)CNC(=O)Cc1c[nH]c2cccc(C)c12. The van der Waals surface area contributed by atoms with Gasteiger partial charge in [-0.15, -0.1) is 0 Å². The maximum atomic E-state index is 12.0. The number of carbonyl (C=O) groups excluding carboxylic acids is 1. The molecule has 2 rings (SSSR count). The van der Waals surface area contributed by atoms with Crippen LogP contribution in [-0.2, 0) is 11.2 Å². The molecule has 2 unspecified atom stereocenters. The molecule has 2 atom stereocenters. The number of aryl methyl sites for hydroxylation is 1. The second-order valence-electron chi connectivity index (χ2n) is 5.75. The first-order valence-corrected chi connectivity index (χ1v) is 7.53. The van der Waals surface area contributed by atoms with Gasteiger partial charge < -0.3 is 15.4 Å². The van der Waals surface area contributed by atoms with Crippen molar-refractivity contribution in [2.45, 2.75) is 39.7 Å². The van der Waals surface area contributed by atoms with Gasteiger partial charge in [-0.25, -0.2) is 0 Å². The summed E-state index contributed by atoms with van der Waals surface area (Å²) >= 11 is 0. The van der Waals surface area contributed by atoms with Crippen molar-refractivity contribution < 1.29 is 9.90 Å². The molecule has 0 saturated carbocycles. The van der Waals surface area contributed by atoms with Crippen molar-refractivity contribution >= 4 is 16.8 Å². The lowest BCUT2D eigenvalue weighted by Crippen LogP contribution is -2.36. The van der Waals surface area contributed by atoms with Gasteiger partial charge in [-0.3, -0.25) is 4.79 Å². The highest BCUT2D eigenvalue weighted by atomic mass is 16.3. The molecule has 0 fully saturated rings. The number of H-pyrrole nitrogens is 1.